The molecule has 2 heterocycles. The molecule has 1 saturated heterocycles. The molecule has 0 aliphatic carbocycles. The van der Waals surface area contributed by atoms with Gasteiger partial charge in [0.1, 0.15) is 5.70 Å². The van der Waals surface area contributed by atoms with Gasteiger partial charge in [0.25, 0.3) is 0 Å². The van der Waals surface area contributed by atoms with E-state index < -0.39 is 0 Å². The number of aliphatic imine (C=N–C) groups is 1. The Morgan fingerprint density at radius 2 is 2.24 bits per heavy atom. The Hall–Kier alpha value is -2.43. The maximum absolute atomic E-state index is 11.7. The van der Waals surface area contributed by atoms with Gasteiger partial charge in [-0.3, -0.25) is 14.9 Å². The highest BCUT2D eigenvalue weighted by atomic mass is 16.2. The molecule has 0 spiro atoms. The summed E-state index contributed by atoms with van der Waals surface area (Å²) in [6, 6.07) is 5.68. The number of anilines is 1. The fourth-order valence-corrected chi connectivity index (χ4v) is 2.41. The smallest absolute Gasteiger partial charge is 0.243 e. The van der Waals surface area contributed by atoms with E-state index in [0.717, 1.165) is 22.5 Å². The summed E-state index contributed by atoms with van der Waals surface area (Å²) in [6.45, 7) is 0.545. The van der Waals surface area contributed by atoms with E-state index in [-0.39, 0.29) is 17.9 Å². The number of amides is 2. The molecule has 21 heavy (non-hydrogen) atoms. The van der Waals surface area contributed by atoms with Gasteiger partial charge in [-0.05, 0) is 24.1 Å². The summed E-state index contributed by atoms with van der Waals surface area (Å²) in [6.07, 6.45) is 0.913. The van der Waals surface area contributed by atoms with Crippen molar-refractivity contribution in [2.24, 2.45) is 4.99 Å². The summed E-state index contributed by atoms with van der Waals surface area (Å²) < 4.78 is 0. The van der Waals surface area contributed by atoms with E-state index in [0.29, 0.717) is 19.4 Å². The Kier molecular flexibility index (Phi) is 3.56. The summed E-state index contributed by atoms with van der Waals surface area (Å²) in [7, 11) is 1.86. The van der Waals surface area contributed by atoms with Crippen molar-refractivity contribution in [3.8, 4) is 0 Å². The molecule has 2 amide bonds. The zero-order chi connectivity index (χ0) is 14.8. The fraction of sp³-hybridized carbons (Fsp3) is 0.333. The zero-order valence-corrected chi connectivity index (χ0v) is 11.7. The van der Waals surface area contributed by atoms with E-state index in [9.17, 15) is 9.59 Å². The average molecular weight is 284 g/mol. The molecule has 1 unspecified atom stereocenters. The van der Waals surface area contributed by atoms with Crippen LogP contribution in [0.3, 0.4) is 0 Å². The average Bonchev–Trinajstić information content (AvgIpc) is 3.31. The third-order valence-electron chi connectivity index (χ3n) is 3.65. The van der Waals surface area contributed by atoms with Crippen LogP contribution in [0.1, 0.15) is 24.0 Å². The van der Waals surface area contributed by atoms with Crippen LogP contribution in [0.15, 0.2) is 23.2 Å². The summed E-state index contributed by atoms with van der Waals surface area (Å²) in [5.41, 5.74) is 3.95. The number of piperidine rings is 1. The first-order valence-electron chi connectivity index (χ1n) is 6.89. The SMILES string of the molecule is CNc1ccc(C2=C=N2)cc1CNC1CCC(=O)NC1=O. The first kappa shape index (κ1) is 13.5. The van der Waals surface area contributed by atoms with E-state index in [2.05, 4.69) is 26.8 Å². The standard InChI is InChI=1S/C15H16N4O2/c1-16-11-3-2-9(13-8-18-13)6-10(11)7-17-12-4-5-14(20)19-15(12)21/h2-3,6,12,16-17H,4-5,7H2,1H3,(H,19,20,21). The lowest BCUT2D eigenvalue weighted by molar-refractivity contribution is -0.134. The van der Waals surface area contributed by atoms with E-state index in [1.165, 1.54) is 0 Å². The van der Waals surface area contributed by atoms with Gasteiger partial charge < -0.3 is 10.6 Å². The molecule has 6 heteroatoms. The Morgan fingerprint density at radius 3 is 2.90 bits per heavy atom. The number of benzene rings is 1. The van der Waals surface area contributed by atoms with Crippen molar-refractivity contribution in [2.45, 2.75) is 25.4 Å². The minimum Gasteiger partial charge on any atom is -0.388 e. The summed E-state index contributed by atoms with van der Waals surface area (Å²) >= 11 is 0. The molecule has 0 radical (unpaired) electrons. The predicted molar refractivity (Wildman–Crippen MR) is 79.8 cm³/mol. The second-order valence-corrected chi connectivity index (χ2v) is 5.08. The van der Waals surface area contributed by atoms with Crippen LogP contribution < -0.4 is 16.0 Å². The van der Waals surface area contributed by atoms with Crippen LogP contribution in [0.4, 0.5) is 5.69 Å². The maximum atomic E-state index is 11.7. The fourth-order valence-electron chi connectivity index (χ4n) is 2.41. The van der Waals surface area contributed by atoms with E-state index in [1.807, 2.05) is 25.2 Å². The molecule has 6 nitrogen and oxygen atoms in total. The van der Waals surface area contributed by atoms with Gasteiger partial charge in [-0.15, -0.1) is 0 Å². The van der Waals surface area contributed by atoms with Crippen LogP contribution in [0.5, 0.6) is 0 Å². The van der Waals surface area contributed by atoms with Gasteiger partial charge in [-0.25, -0.2) is 0 Å². The van der Waals surface area contributed by atoms with Crippen molar-refractivity contribution in [2.75, 3.05) is 12.4 Å². The molecule has 1 aromatic rings. The van der Waals surface area contributed by atoms with Gasteiger partial charge >= 0.3 is 0 Å². The molecule has 0 aromatic heterocycles. The largest absolute Gasteiger partial charge is 0.388 e. The van der Waals surface area contributed by atoms with E-state index >= 15 is 0 Å². The quantitative estimate of drug-likeness (QED) is 0.693. The summed E-state index contributed by atoms with van der Waals surface area (Å²) in [4.78, 5) is 26.8. The second kappa shape index (κ2) is 5.52. The van der Waals surface area contributed by atoms with Crippen molar-refractivity contribution in [3.63, 3.8) is 0 Å². The third kappa shape index (κ3) is 3.02. The van der Waals surface area contributed by atoms with Crippen LogP contribution in [0, 0.1) is 0 Å². The van der Waals surface area contributed by atoms with Crippen LogP contribution >= 0.6 is 0 Å². The van der Waals surface area contributed by atoms with Crippen LogP contribution in [-0.2, 0) is 16.1 Å². The lowest BCUT2D eigenvalue weighted by Gasteiger charge is -2.22. The number of carbonyl (C=O) groups is 2. The Morgan fingerprint density at radius 1 is 1.43 bits per heavy atom. The molecule has 0 saturated carbocycles. The molecule has 3 N–H and O–H groups in total. The number of nitrogens with zero attached hydrogens (tertiary/aromatic N) is 1. The minimum absolute atomic E-state index is 0.200. The van der Waals surface area contributed by atoms with Gasteiger partial charge in [0, 0.05) is 37.1 Å². The van der Waals surface area contributed by atoms with Gasteiger partial charge in [-0.2, -0.15) is 4.99 Å². The minimum atomic E-state index is -0.326. The molecule has 2 aliphatic heterocycles. The van der Waals surface area contributed by atoms with Crippen LogP contribution in [0.25, 0.3) is 5.70 Å². The highest BCUT2D eigenvalue weighted by Gasteiger charge is 2.26. The third-order valence-corrected chi connectivity index (χ3v) is 3.65. The first-order valence-corrected chi connectivity index (χ1v) is 6.89. The molecule has 1 fully saturated rings. The predicted octanol–water partition coefficient (Wildman–Crippen LogP) is 0.647. The molecular formula is C15H16N4O2. The van der Waals surface area contributed by atoms with Crippen molar-refractivity contribution in [1.29, 1.82) is 0 Å². The van der Waals surface area contributed by atoms with E-state index in [4.69, 9.17) is 0 Å². The van der Waals surface area contributed by atoms with Crippen molar-refractivity contribution in [1.82, 2.24) is 10.6 Å². The lowest BCUT2D eigenvalue weighted by Crippen LogP contribution is -2.50. The summed E-state index contributed by atoms with van der Waals surface area (Å²) in [5.74, 6) is 2.38. The Labute approximate surface area is 122 Å². The second-order valence-electron chi connectivity index (χ2n) is 5.08. The summed E-state index contributed by atoms with van der Waals surface area (Å²) in [5, 5.41) is 8.69. The van der Waals surface area contributed by atoms with Crippen molar-refractivity contribution in [3.05, 3.63) is 29.3 Å². The van der Waals surface area contributed by atoms with Crippen LogP contribution in [-0.4, -0.2) is 30.8 Å². The Bertz CT molecular complexity index is 674. The van der Waals surface area contributed by atoms with Crippen molar-refractivity contribution >= 4 is 29.1 Å². The Balaban J connectivity index is 1.69. The highest BCUT2D eigenvalue weighted by Crippen LogP contribution is 2.25. The van der Waals surface area contributed by atoms with Gasteiger partial charge in [0.15, 0.2) is 0 Å². The molecule has 2 aliphatic rings. The van der Waals surface area contributed by atoms with Gasteiger partial charge in [0.05, 0.1) is 6.04 Å². The van der Waals surface area contributed by atoms with Crippen LogP contribution in [0.2, 0.25) is 0 Å². The number of hydrogen-bond donors (Lipinski definition) is 3. The lowest BCUT2D eigenvalue weighted by atomic mass is 10.0. The maximum Gasteiger partial charge on any atom is 0.243 e. The highest BCUT2D eigenvalue weighted by molar-refractivity contribution is 6.03. The van der Waals surface area contributed by atoms with Crippen molar-refractivity contribution < 1.29 is 9.59 Å². The number of hydrogen-bond acceptors (Lipinski definition) is 5. The normalized spacial score (nSPS) is 20.0. The van der Waals surface area contributed by atoms with Gasteiger partial charge in [0.2, 0.25) is 11.8 Å². The molecule has 0 bridgehead atoms. The topological polar surface area (TPSA) is 82.6 Å². The number of rotatable bonds is 5. The van der Waals surface area contributed by atoms with E-state index in [1.54, 1.807) is 0 Å². The molecule has 3 rings (SSSR count). The molecule has 1 atom stereocenters. The zero-order valence-electron chi connectivity index (χ0n) is 11.7. The molecular weight excluding hydrogens is 268 g/mol. The number of carbonyl (C=O) groups excluding carboxylic acids is 2. The van der Waals surface area contributed by atoms with Gasteiger partial charge in [-0.1, -0.05) is 6.07 Å². The molecule has 1 aromatic carbocycles. The number of nitrogens with one attached hydrogen (secondary N) is 3. The molecule has 108 valence electrons. The monoisotopic (exact) mass is 284 g/mol. The first-order chi connectivity index (χ1) is 10.2. The number of imide groups is 1.